The Morgan fingerprint density at radius 2 is 1.75 bits per heavy atom. The van der Waals surface area contributed by atoms with Crippen molar-refractivity contribution >= 4 is 11.5 Å². The van der Waals surface area contributed by atoms with Crippen LogP contribution in [0.1, 0.15) is 34.6 Å². The van der Waals surface area contributed by atoms with E-state index in [1.165, 1.54) is 0 Å². The second kappa shape index (κ2) is 5.31. The van der Waals surface area contributed by atoms with E-state index in [1.807, 2.05) is 6.07 Å². The monoisotopic (exact) mass is 186 g/mol. The molecule has 12 heavy (non-hydrogen) atoms. The van der Waals surface area contributed by atoms with E-state index in [1.54, 1.807) is 11.5 Å². The van der Waals surface area contributed by atoms with Crippen LogP contribution in [0.3, 0.4) is 0 Å². The highest BCUT2D eigenvalue weighted by atomic mass is 32.1. The molecule has 0 bridgehead atoms. The van der Waals surface area contributed by atoms with Crippen molar-refractivity contribution in [3.05, 3.63) is 17.6 Å². The molecular weight excluding hydrogens is 166 g/mol. The van der Waals surface area contributed by atoms with Gasteiger partial charge in [0.2, 0.25) is 0 Å². The van der Waals surface area contributed by atoms with Gasteiger partial charge in [-0.15, -0.1) is 3.96 Å². The lowest BCUT2D eigenvalue weighted by molar-refractivity contribution is -0.625. The lowest BCUT2D eigenvalue weighted by atomic mass is 10.0. The van der Waals surface area contributed by atoms with Gasteiger partial charge in [0.05, 0.1) is 5.38 Å². The maximum Gasteiger partial charge on any atom is 0.184 e. The van der Waals surface area contributed by atoms with Crippen LogP contribution >= 0.6 is 11.5 Å². The summed E-state index contributed by atoms with van der Waals surface area (Å²) < 4.78 is 2.17. The summed E-state index contributed by atoms with van der Waals surface area (Å²) in [4.78, 5) is 0. The highest BCUT2D eigenvalue weighted by molar-refractivity contribution is 6.99. The van der Waals surface area contributed by atoms with Gasteiger partial charge in [-0.3, -0.25) is 0 Å². The molecule has 0 unspecified atom stereocenters. The first-order valence-corrected chi connectivity index (χ1v) is 5.20. The summed E-state index contributed by atoms with van der Waals surface area (Å²) in [6, 6.07) is 2.05. The minimum absolute atomic E-state index is 0.500. The van der Waals surface area contributed by atoms with Crippen LogP contribution < -0.4 is 3.96 Å². The minimum Gasteiger partial charge on any atom is -0.141 e. The molecule has 1 aromatic heterocycles. The van der Waals surface area contributed by atoms with Gasteiger partial charge in [-0.05, 0) is 12.3 Å². The van der Waals surface area contributed by atoms with Crippen molar-refractivity contribution < 1.29 is 3.96 Å². The zero-order valence-corrected chi connectivity index (χ0v) is 9.61. The predicted octanol–water partition coefficient (Wildman–Crippen LogP) is 3.11. The summed E-state index contributed by atoms with van der Waals surface area (Å²) in [6.07, 6.45) is 2.07. The number of aromatic nitrogens is 1. The lowest BCUT2D eigenvalue weighted by Gasteiger charge is -2.05. The van der Waals surface area contributed by atoms with Crippen LogP contribution in [-0.2, 0) is 6.54 Å². The van der Waals surface area contributed by atoms with Gasteiger partial charge in [0.25, 0.3) is 0 Å². The normalized spacial score (nSPS) is 10.4. The first-order chi connectivity index (χ1) is 5.43. The van der Waals surface area contributed by atoms with Gasteiger partial charge in [0, 0.05) is 6.07 Å². The van der Waals surface area contributed by atoms with Crippen molar-refractivity contribution in [3.8, 4) is 0 Å². The highest BCUT2D eigenvalue weighted by Gasteiger charge is 1.95. The molecule has 1 nitrogen and oxygen atoms in total. The van der Waals surface area contributed by atoms with Crippen LogP contribution in [0, 0.1) is 5.41 Å². The molecule has 0 aromatic carbocycles. The molecular formula is C10H20NS+. The van der Waals surface area contributed by atoms with Gasteiger partial charge in [-0.1, -0.05) is 27.7 Å². The summed E-state index contributed by atoms with van der Waals surface area (Å²) in [6.45, 7) is 12.0. The summed E-state index contributed by atoms with van der Waals surface area (Å²) in [5, 5.41) is 2.07. The van der Waals surface area contributed by atoms with Crippen LogP contribution in [0.25, 0.3) is 0 Å². The topological polar surface area (TPSA) is 3.88 Å². The maximum atomic E-state index is 2.19. The fourth-order valence-corrected chi connectivity index (χ4v) is 1.05. The van der Waals surface area contributed by atoms with Gasteiger partial charge in [-0.25, -0.2) is 0 Å². The van der Waals surface area contributed by atoms with Gasteiger partial charge in [-0.2, -0.15) is 0 Å². The van der Waals surface area contributed by atoms with Crippen LogP contribution in [0.4, 0.5) is 0 Å². The fraction of sp³-hybridized carbons (Fsp3) is 0.700. The molecule has 1 rings (SSSR count). The van der Waals surface area contributed by atoms with Crippen molar-refractivity contribution in [2.45, 2.75) is 41.2 Å². The van der Waals surface area contributed by atoms with E-state index >= 15 is 0 Å². The molecule has 0 aliphatic carbocycles. The molecule has 0 radical (unpaired) electrons. The van der Waals surface area contributed by atoms with E-state index in [4.69, 9.17) is 0 Å². The molecule has 0 amide bonds. The Morgan fingerprint density at radius 3 is 1.92 bits per heavy atom. The van der Waals surface area contributed by atoms with Crippen molar-refractivity contribution in [1.29, 1.82) is 0 Å². The van der Waals surface area contributed by atoms with Crippen LogP contribution in [0.5, 0.6) is 0 Å². The van der Waals surface area contributed by atoms with E-state index < -0.39 is 0 Å². The third-order valence-electron chi connectivity index (χ3n) is 0.839. The molecule has 0 saturated carbocycles. The molecule has 0 fully saturated rings. The quantitative estimate of drug-likeness (QED) is 0.593. The van der Waals surface area contributed by atoms with Crippen LogP contribution in [-0.4, -0.2) is 0 Å². The maximum absolute atomic E-state index is 2.19. The van der Waals surface area contributed by atoms with E-state index in [0.29, 0.717) is 5.41 Å². The molecule has 1 heterocycles. The van der Waals surface area contributed by atoms with Crippen LogP contribution in [0.2, 0.25) is 0 Å². The van der Waals surface area contributed by atoms with E-state index in [2.05, 4.69) is 50.2 Å². The average Bonchev–Trinajstić information content (AvgIpc) is 2.33. The van der Waals surface area contributed by atoms with Crippen LogP contribution in [0.15, 0.2) is 17.6 Å². The molecule has 0 N–H and O–H groups in total. The Hall–Kier alpha value is -0.370. The predicted molar refractivity (Wildman–Crippen MR) is 55.3 cm³/mol. The molecule has 0 saturated heterocycles. The molecule has 0 aliphatic rings. The van der Waals surface area contributed by atoms with E-state index in [0.717, 1.165) is 6.54 Å². The van der Waals surface area contributed by atoms with Gasteiger partial charge < -0.3 is 0 Å². The third-order valence-corrected chi connectivity index (χ3v) is 1.77. The molecule has 0 spiro atoms. The zero-order chi connectivity index (χ0) is 9.61. The summed E-state index contributed by atoms with van der Waals surface area (Å²) >= 11 is 1.74. The summed E-state index contributed by atoms with van der Waals surface area (Å²) in [5.74, 6) is 0. The van der Waals surface area contributed by atoms with Crippen molar-refractivity contribution in [2.24, 2.45) is 5.41 Å². The lowest BCUT2D eigenvalue weighted by Crippen LogP contribution is -2.24. The molecule has 0 atom stereocenters. The standard InChI is InChI=1S/C5H8NS.C5H12/c1-2-6-4-3-5-7-6;1-5(2,3)4/h3-5H,2H2,1H3;1-4H3/q+1;. The second-order valence-corrected chi connectivity index (χ2v) is 5.27. The Labute approximate surface area is 80.2 Å². The Kier molecular flexibility index (Phi) is 5.14. The Bertz CT molecular complexity index is 178. The molecule has 70 valence electrons. The largest absolute Gasteiger partial charge is 0.184 e. The molecule has 1 aromatic rings. The molecule has 0 aliphatic heterocycles. The first-order valence-electron chi connectivity index (χ1n) is 4.37. The van der Waals surface area contributed by atoms with Gasteiger partial charge in [0.15, 0.2) is 12.7 Å². The van der Waals surface area contributed by atoms with Crippen molar-refractivity contribution in [1.82, 2.24) is 0 Å². The summed E-state index contributed by atoms with van der Waals surface area (Å²) in [5.41, 5.74) is 0.500. The highest BCUT2D eigenvalue weighted by Crippen LogP contribution is 2.08. The van der Waals surface area contributed by atoms with Crippen molar-refractivity contribution in [3.63, 3.8) is 0 Å². The second-order valence-electron chi connectivity index (χ2n) is 4.32. The van der Waals surface area contributed by atoms with E-state index in [-0.39, 0.29) is 0 Å². The number of rotatable bonds is 1. The van der Waals surface area contributed by atoms with E-state index in [9.17, 15) is 0 Å². The average molecular weight is 186 g/mol. The number of hydrogen-bond donors (Lipinski definition) is 0. The zero-order valence-electron chi connectivity index (χ0n) is 8.79. The van der Waals surface area contributed by atoms with Gasteiger partial charge >= 0.3 is 0 Å². The minimum atomic E-state index is 0.500. The Balaban J connectivity index is 0.000000217. The number of nitrogens with zero attached hydrogens (tertiary/aromatic N) is 1. The molecule has 2 heteroatoms. The number of hydrogen-bond acceptors (Lipinski definition) is 1. The first kappa shape index (κ1) is 11.6. The smallest absolute Gasteiger partial charge is 0.141 e. The fourth-order valence-electron chi connectivity index (χ4n) is 0.460. The SMILES string of the molecule is CC(C)(C)C.CC[n+]1cccs1. The third kappa shape index (κ3) is 9.63. The Morgan fingerprint density at radius 1 is 1.25 bits per heavy atom. The number of aryl methyl sites for hydroxylation is 1. The summed E-state index contributed by atoms with van der Waals surface area (Å²) in [7, 11) is 0. The van der Waals surface area contributed by atoms with Gasteiger partial charge in [0.1, 0.15) is 11.5 Å². The van der Waals surface area contributed by atoms with Crippen molar-refractivity contribution in [2.75, 3.05) is 0 Å².